The van der Waals surface area contributed by atoms with Crippen molar-refractivity contribution in [2.45, 2.75) is 86.2 Å². The van der Waals surface area contributed by atoms with E-state index in [1.807, 2.05) is 57.2 Å². The summed E-state index contributed by atoms with van der Waals surface area (Å²) in [4.78, 5) is 0. The van der Waals surface area contributed by atoms with Crippen LogP contribution in [0.4, 0.5) is 5.69 Å². The molecule has 0 amide bonds. The minimum Gasteiger partial charge on any atom is -0.508 e. The van der Waals surface area contributed by atoms with Gasteiger partial charge in [0.1, 0.15) is 11.5 Å². The van der Waals surface area contributed by atoms with Crippen LogP contribution in [-0.4, -0.2) is 16.8 Å². The van der Waals surface area contributed by atoms with Crippen LogP contribution < -0.4 is 5.32 Å². The van der Waals surface area contributed by atoms with Gasteiger partial charge in [0.25, 0.3) is 0 Å². The quantitative estimate of drug-likeness (QED) is 0.155. The average molecular weight is 623 g/mol. The average Bonchev–Trinajstić information content (AvgIpc) is 3.05. The molecule has 0 radical (unpaired) electrons. The summed E-state index contributed by atoms with van der Waals surface area (Å²) in [6, 6.07) is 32.8. The van der Waals surface area contributed by atoms with Gasteiger partial charge < -0.3 is 20.3 Å². The monoisotopic (exact) mass is 622 g/mol. The highest BCUT2D eigenvalue weighted by molar-refractivity contribution is 5.55. The summed E-state index contributed by atoms with van der Waals surface area (Å²) >= 11 is 0. The van der Waals surface area contributed by atoms with Gasteiger partial charge in [-0.25, -0.2) is 0 Å². The number of phenols is 2. The summed E-state index contributed by atoms with van der Waals surface area (Å²) in [6.07, 6.45) is 5.06. The molecule has 0 heterocycles. The fourth-order valence-electron chi connectivity index (χ4n) is 5.05. The number of nitrogens with zero attached hydrogens (tertiary/aromatic N) is 1. The Morgan fingerprint density at radius 1 is 0.804 bits per heavy atom. The number of anilines is 1. The number of nitriles is 1. The smallest absolute Gasteiger partial charge is 0.121 e. The van der Waals surface area contributed by atoms with Crippen molar-refractivity contribution in [2.24, 2.45) is 0 Å². The van der Waals surface area contributed by atoms with Crippen LogP contribution in [0.5, 0.6) is 11.5 Å². The van der Waals surface area contributed by atoms with Gasteiger partial charge in [0.15, 0.2) is 0 Å². The molecule has 0 aromatic heterocycles. The van der Waals surface area contributed by atoms with E-state index in [1.54, 1.807) is 6.07 Å². The van der Waals surface area contributed by atoms with Crippen LogP contribution in [0.1, 0.15) is 88.1 Å². The summed E-state index contributed by atoms with van der Waals surface area (Å²) in [6.45, 7) is 19.0. The molecule has 4 rings (SSSR count). The van der Waals surface area contributed by atoms with E-state index in [9.17, 15) is 10.2 Å². The number of phenolic OH excluding ortho intramolecular Hbond substituents is 2. The Balaban J connectivity index is 0.000000428. The van der Waals surface area contributed by atoms with Crippen LogP contribution in [0.15, 0.2) is 109 Å². The lowest BCUT2D eigenvalue weighted by Gasteiger charge is -2.35. The zero-order valence-corrected chi connectivity index (χ0v) is 28.9. The van der Waals surface area contributed by atoms with Gasteiger partial charge in [-0.2, -0.15) is 5.26 Å². The van der Waals surface area contributed by atoms with Gasteiger partial charge >= 0.3 is 0 Å². The van der Waals surface area contributed by atoms with Gasteiger partial charge in [0, 0.05) is 29.6 Å². The molecule has 0 aliphatic carbocycles. The minimum atomic E-state index is -0.337. The number of rotatable bonds is 11. The number of aryl methyl sites for hydroxylation is 3. The lowest BCUT2D eigenvalue weighted by molar-refractivity contribution is -0.0532. The van der Waals surface area contributed by atoms with E-state index in [-0.39, 0.29) is 17.1 Å². The molecule has 0 bridgehead atoms. The Kier molecular flexibility index (Phi) is 18.9. The van der Waals surface area contributed by atoms with Crippen molar-refractivity contribution in [2.75, 3.05) is 11.9 Å². The number of hydrogen-bond acceptors (Lipinski definition) is 5. The van der Waals surface area contributed by atoms with Crippen molar-refractivity contribution in [3.63, 3.8) is 0 Å². The first-order valence-electron chi connectivity index (χ1n) is 16.3. The van der Waals surface area contributed by atoms with Crippen molar-refractivity contribution in [1.29, 1.82) is 5.26 Å². The molecule has 0 saturated carbocycles. The third kappa shape index (κ3) is 14.1. The Morgan fingerprint density at radius 2 is 1.39 bits per heavy atom. The molecule has 0 atom stereocenters. The standard InChI is InChI=1S/C22H29NO3.C9H12.C8H7N.C2H6/c1-4-11-22(12-5-2,18-9-7-6-8-10-18)26-16-17(3)23-19-13-20(24)15-21(25)14-19;1-3-9-7-5-4-6-8(9)2;1-7-3-2-4-8(5-7)6-9;1-2/h6-10,13-15,23-25H,3-5,11-12,16H2,1-2H3;4-7H,3H2,1-2H3;2-5H,1H3;1-2H3. The van der Waals surface area contributed by atoms with Crippen molar-refractivity contribution >= 4 is 5.69 Å². The van der Waals surface area contributed by atoms with E-state index in [0.29, 0.717) is 18.0 Å². The van der Waals surface area contributed by atoms with Crippen LogP contribution in [0.3, 0.4) is 0 Å². The first kappa shape index (κ1) is 39.5. The molecule has 4 aromatic carbocycles. The molecule has 0 saturated heterocycles. The van der Waals surface area contributed by atoms with Gasteiger partial charge in [-0.1, -0.05) is 121 Å². The summed E-state index contributed by atoms with van der Waals surface area (Å²) in [5.74, 6) is -0.00589. The van der Waals surface area contributed by atoms with Crippen molar-refractivity contribution < 1.29 is 14.9 Å². The second-order valence-electron chi connectivity index (χ2n) is 10.9. The minimum absolute atomic E-state index is 0.00295. The fourth-order valence-corrected chi connectivity index (χ4v) is 5.05. The molecule has 246 valence electrons. The van der Waals surface area contributed by atoms with Crippen molar-refractivity contribution in [3.05, 3.63) is 137 Å². The number of hydrogen-bond donors (Lipinski definition) is 3. The van der Waals surface area contributed by atoms with E-state index in [1.165, 1.54) is 34.9 Å². The number of nitrogens with one attached hydrogen (secondary N) is 1. The van der Waals surface area contributed by atoms with Crippen LogP contribution in [-0.2, 0) is 16.8 Å². The molecular weight excluding hydrogens is 568 g/mol. The van der Waals surface area contributed by atoms with E-state index >= 15 is 0 Å². The largest absolute Gasteiger partial charge is 0.508 e. The van der Waals surface area contributed by atoms with Gasteiger partial charge in [0.2, 0.25) is 0 Å². The molecule has 5 nitrogen and oxygen atoms in total. The summed E-state index contributed by atoms with van der Waals surface area (Å²) < 4.78 is 6.40. The molecule has 4 aromatic rings. The fraction of sp³-hybridized carbons (Fsp3) is 0.341. The second kappa shape index (κ2) is 22.1. The predicted octanol–water partition coefficient (Wildman–Crippen LogP) is 11.0. The van der Waals surface area contributed by atoms with Crippen LogP contribution in [0.25, 0.3) is 0 Å². The number of ether oxygens (including phenoxy) is 1. The number of aromatic hydroxyl groups is 2. The molecular formula is C41H54N2O3. The normalized spacial score (nSPS) is 10.0. The zero-order chi connectivity index (χ0) is 34.4. The molecule has 0 fully saturated rings. The van der Waals surface area contributed by atoms with Gasteiger partial charge in [0.05, 0.1) is 23.8 Å². The predicted molar refractivity (Wildman–Crippen MR) is 194 cm³/mol. The molecule has 46 heavy (non-hydrogen) atoms. The first-order valence-corrected chi connectivity index (χ1v) is 16.3. The Morgan fingerprint density at radius 3 is 1.87 bits per heavy atom. The molecule has 5 heteroatoms. The van der Waals surface area contributed by atoms with E-state index in [4.69, 9.17) is 10.00 Å². The third-order valence-corrected chi connectivity index (χ3v) is 7.14. The first-order chi connectivity index (χ1) is 22.2. The highest BCUT2D eigenvalue weighted by Crippen LogP contribution is 2.36. The Labute approximate surface area is 278 Å². The highest BCUT2D eigenvalue weighted by atomic mass is 16.5. The summed E-state index contributed by atoms with van der Waals surface area (Å²) in [5.41, 5.74) is 6.82. The summed E-state index contributed by atoms with van der Waals surface area (Å²) in [7, 11) is 0. The molecule has 0 aliphatic rings. The topological polar surface area (TPSA) is 85.5 Å². The molecule has 0 unspecified atom stereocenters. The second-order valence-corrected chi connectivity index (χ2v) is 10.9. The number of benzene rings is 4. The molecule has 3 N–H and O–H groups in total. The van der Waals surface area contributed by atoms with Gasteiger partial charge in [-0.05, 0) is 67.5 Å². The van der Waals surface area contributed by atoms with Crippen LogP contribution >= 0.6 is 0 Å². The zero-order valence-electron chi connectivity index (χ0n) is 28.9. The lowest BCUT2D eigenvalue weighted by atomic mass is 9.85. The Bertz CT molecular complexity index is 1450. The van der Waals surface area contributed by atoms with Crippen molar-refractivity contribution in [3.8, 4) is 17.6 Å². The molecule has 0 aliphatic heterocycles. The molecule has 0 spiro atoms. The van der Waals surface area contributed by atoms with E-state index in [2.05, 4.69) is 82.1 Å². The van der Waals surface area contributed by atoms with Crippen LogP contribution in [0, 0.1) is 25.2 Å². The van der Waals surface area contributed by atoms with Gasteiger partial charge in [-0.15, -0.1) is 0 Å². The lowest BCUT2D eigenvalue weighted by Crippen LogP contribution is -2.31. The maximum Gasteiger partial charge on any atom is 0.121 e. The van der Waals surface area contributed by atoms with E-state index in [0.717, 1.165) is 43.2 Å². The Hall–Kier alpha value is -4.53. The van der Waals surface area contributed by atoms with Gasteiger partial charge in [-0.3, -0.25) is 0 Å². The van der Waals surface area contributed by atoms with Crippen LogP contribution in [0.2, 0.25) is 0 Å². The SMILES string of the molecule is C=C(COC(CCC)(CCC)c1ccccc1)Nc1cc(O)cc(O)c1.CC.CCc1ccccc1C.Cc1cccc(C#N)c1. The maximum atomic E-state index is 9.59. The third-order valence-electron chi connectivity index (χ3n) is 7.14. The summed E-state index contributed by atoms with van der Waals surface area (Å²) in [5, 5.41) is 30.7. The highest BCUT2D eigenvalue weighted by Gasteiger charge is 2.31. The van der Waals surface area contributed by atoms with E-state index < -0.39 is 0 Å². The van der Waals surface area contributed by atoms with Crippen molar-refractivity contribution in [1.82, 2.24) is 0 Å². The maximum absolute atomic E-state index is 9.59.